The monoisotopic (exact) mass is 413 g/mol. The quantitative estimate of drug-likeness (QED) is 0.448. The molecule has 0 bridgehead atoms. The lowest BCUT2D eigenvalue weighted by molar-refractivity contribution is -0.131. The molecule has 0 saturated carbocycles. The summed E-state index contributed by atoms with van der Waals surface area (Å²) in [6.45, 7) is 2.87. The summed E-state index contributed by atoms with van der Waals surface area (Å²) in [5, 5.41) is 2.66. The molecule has 1 aliphatic carbocycles. The van der Waals surface area contributed by atoms with E-state index in [2.05, 4.69) is 59.9 Å². The number of hydrogen-bond acceptors (Lipinski definition) is 3. The number of hydrogen-bond donors (Lipinski definition) is 1. The molecule has 158 valence electrons. The van der Waals surface area contributed by atoms with Gasteiger partial charge in [0.2, 0.25) is 5.91 Å². The molecule has 4 nitrogen and oxygen atoms in total. The predicted octanol–water partition coefficient (Wildman–Crippen LogP) is 4.87. The molecule has 3 aromatic rings. The lowest BCUT2D eigenvalue weighted by Gasteiger charge is -2.15. The molecule has 31 heavy (non-hydrogen) atoms. The van der Waals surface area contributed by atoms with Crippen LogP contribution in [0.1, 0.15) is 23.6 Å². The van der Waals surface area contributed by atoms with Crippen molar-refractivity contribution in [2.45, 2.75) is 19.4 Å². The van der Waals surface area contributed by atoms with Crippen molar-refractivity contribution >= 4 is 11.5 Å². The van der Waals surface area contributed by atoms with Gasteiger partial charge in [0.25, 0.3) is 0 Å². The SMILES string of the molecule is CCOC(Cc1ccc(OCC=C2c3ccccc3-c3ccccc32)cc1)C(=O)NC. The predicted molar refractivity (Wildman–Crippen MR) is 124 cm³/mol. The van der Waals surface area contributed by atoms with Crippen LogP contribution in [0.2, 0.25) is 0 Å². The molecule has 0 aromatic heterocycles. The largest absolute Gasteiger partial charge is 0.490 e. The number of ether oxygens (including phenoxy) is 2. The Morgan fingerprint density at radius 2 is 1.48 bits per heavy atom. The summed E-state index contributed by atoms with van der Waals surface area (Å²) < 4.78 is 11.5. The highest BCUT2D eigenvalue weighted by atomic mass is 16.5. The zero-order valence-electron chi connectivity index (χ0n) is 17.9. The third-order valence-corrected chi connectivity index (χ3v) is 5.51. The Morgan fingerprint density at radius 1 is 0.903 bits per heavy atom. The van der Waals surface area contributed by atoms with Gasteiger partial charge in [-0.2, -0.15) is 0 Å². The summed E-state index contributed by atoms with van der Waals surface area (Å²) in [6.07, 6.45) is 2.20. The van der Waals surface area contributed by atoms with Gasteiger partial charge in [0.15, 0.2) is 0 Å². The molecule has 0 heterocycles. The molecule has 0 spiro atoms. The minimum absolute atomic E-state index is 0.106. The molecule has 1 unspecified atom stereocenters. The summed E-state index contributed by atoms with van der Waals surface area (Å²) in [4.78, 5) is 11.9. The van der Waals surface area contributed by atoms with Crippen molar-refractivity contribution in [1.82, 2.24) is 5.32 Å². The highest BCUT2D eigenvalue weighted by Gasteiger charge is 2.22. The van der Waals surface area contributed by atoms with Crippen molar-refractivity contribution in [3.05, 3.63) is 95.6 Å². The van der Waals surface area contributed by atoms with Gasteiger partial charge in [-0.25, -0.2) is 0 Å². The minimum Gasteiger partial charge on any atom is -0.490 e. The first-order valence-corrected chi connectivity index (χ1v) is 10.7. The van der Waals surface area contributed by atoms with Crippen molar-refractivity contribution in [3.63, 3.8) is 0 Å². The van der Waals surface area contributed by atoms with Gasteiger partial charge in [-0.15, -0.1) is 0 Å². The molecule has 1 amide bonds. The molecule has 0 saturated heterocycles. The number of rotatable bonds is 8. The normalized spacial score (nSPS) is 12.6. The van der Waals surface area contributed by atoms with Crippen LogP contribution < -0.4 is 10.1 Å². The summed E-state index contributed by atoms with van der Waals surface area (Å²) in [5.41, 5.74) is 7.29. The van der Waals surface area contributed by atoms with Crippen LogP contribution in [-0.2, 0) is 16.0 Å². The lowest BCUT2D eigenvalue weighted by Crippen LogP contribution is -2.35. The zero-order valence-corrected chi connectivity index (χ0v) is 17.9. The number of carbonyl (C=O) groups excluding carboxylic acids is 1. The van der Waals surface area contributed by atoms with Crippen LogP contribution in [0.25, 0.3) is 16.7 Å². The third kappa shape index (κ3) is 4.54. The molecule has 0 fully saturated rings. The van der Waals surface area contributed by atoms with Crippen molar-refractivity contribution < 1.29 is 14.3 Å². The summed E-state index contributed by atoms with van der Waals surface area (Å²) in [7, 11) is 1.63. The van der Waals surface area contributed by atoms with Gasteiger partial charge in [-0.1, -0.05) is 60.7 Å². The van der Waals surface area contributed by atoms with Crippen LogP contribution in [0.4, 0.5) is 0 Å². The van der Waals surface area contributed by atoms with E-state index >= 15 is 0 Å². The Bertz CT molecular complexity index is 1040. The first-order valence-electron chi connectivity index (χ1n) is 10.7. The van der Waals surface area contributed by atoms with Gasteiger partial charge >= 0.3 is 0 Å². The molecular formula is C27H27NO3. The van der Waals surface area contributed by atoms with Gasteiger partial charge in [0.1, 0.15) is 18.5 Å². The van der Waals surface area contributed by atoms with E-state index in [1.807, 2.05) is 31.2 Å². The minimum atomic E-state index is -0.478. The van der Waals surface area contributed by atoms with Gasteiger partial charge in [-0.05, 0) is 58.5 Å². The fraction of sp³-hybridized carbons (Fsp3) is 0.222. The Kier molecular flexibility index (Phi) is 6.48. The smallest absolute Gasteiger partial charge is 0.249 e. The van der Waals surface area contributed by atoms with E-state index in [0.717, 1.165) is 11.3 Å². The van der Waals surface area contributed by atoms with Gasteiger partial charge < -0.3 is 14.8 Å². The Labute approximate surface area is 183 Å². The number of fused-ring (bicyclic) bond motifs is 3. The summed E-state index contributed by atoms with van der Waals surface area (Å²) in [6, 6.07) is 24.8. The topological polar surface area (TPSA) is 47.6 Å². The molecule has 4 heteroatoms. The maximum Gasteiger partial charge on any atom is 0.249 e. The van der Waals surface area contributed by atoms with Gasteiger partial charge in [0.05, 0.1) is 0 Å². The second kappa shape index (κ2) is 9.63. The van der Waals surface area contributed by atoms with Crippen molar-refractivity contribution in [2.75, 3.05) is 20.3 Å². The highest BCUT2D eigenvalue weighted by Crippen LogP contribution is 2.43. The van der Waals surface area contributed by atoms with E-state index in [1.165, 1.54) is 27.8 Å². The fourth-order valence-corrected chi connectivity index (χ4v) is 4.02. The fourth-order valence-electron chi connectivity index (χ4n) is 4.02. The first-order chi connectivity index (χ1) is 15.2. The molecule has 1 atom stereocenters. The van der Waals surface area contributed by atoms with E-state index in [-0.39, 0.29) is 5.91 Å². The van der Waals surface area contributed by atoms with Gasteiger partial charge in [0, 0.05) is 20.1 Å². The van der Waals surface area contributed by atoms with Crippen LogP contribution >= 0.6 is 0 Å². The molecule has 0 aliphatic heterocycles. The van der Waals surface area contributed by atoms with Crippen LogP contribution in [0.3, 0.4) is 0 Å². The molecule has 0 radical (unpaired) electrons. The highest BCUT2D eigenvalue weighted by molar-refractivity contribution is 6.01. The molecule has 1 aliphatic rings. The van der Waals surface area contributed by atoms with Crippen molar-refractivity contribution in [2.24, 2.45) is 0 Å². The molecule has 3 aromatic carbocycles. The average molecular weight is 414 g/mol. The van der Waals surface area contributed by atoms with Crippen LogP contribution in [-0.4, -0.2) is 32.3 Å². The Balaban J connectivity index is 1.43. The second-order valence-electron chi connectivity index (χ2n) is 7.43. The lowest BCUT2D eigenvalue weighted by atomic mass is 10.0. The number of amides is 1. The van der Waals surface area contributed by atoms with Crippen molar-refractivity contribution in [3.8, 4) is 16.9 Å². The first kappa shape index (κ1) is 20.9. The van der Waals surface area contributed by atoms with Crippen LogP contribution in [0.15, 0.2) is 78.9 Å². The van der Waals surface area contributed by atoms with Crippen LogP contribution in [0, 0.1) is 0 Å². The number of nitrogens with one attached hydrogen (secondary N) is 1. The van der Waals surface area contributed by atoms with E-state index in [4.69, 9.17) is 9.47 Å². The van der Waals surface area contributed by atoms with E-state index in [9.17, 15) is 4.79 Å². The zero-order chi connectivity index (χ0) is 21.6. The number of carbonyl (C=O) groups is 1. The Morgan fingerprint density at radius 3 is 2.03 bits per heavy atom. The van der Waals surface area contributed by atoms with Crippen LogP contribution in [0.5, 0.6) is 5.75 Å². The van der Waals surface area contributed by atoms with E-state index < -0.39 is 6.10 Å². The molecule has 1 N–H and O–H groups in total. The van der Waals surface area contributed by atoms with E-state index in [1.54, 1.807) is 7.05 Å². The van der Waals surface area contributed by atoms with E-state index in [0.29, 0.717) is 19.6 Å². The second-order valence-corrected chi connectivity index (χ2v) is 7.43. The average Bonchev–Trinajstić information content (AvgIpc) is 3.13. The maximum atomic E-state index is 11.9. The summed E-state index contributed by atoms with van der Waals surface area (Å²) >= 11 is 0. The van der Waals surface area contributed by atoms with Crippen molar-refractivity contribution in [1.29, 1.82) is 0 Å². The Hall–Kier alpha value is -3.37. The third-order valence-electron chi connectivity index (χ3n) is 5.51. The number of benzene rings is 3. The maximum absolute atomic E-state index is 11.9. The molecular weight excluding hydrogens is 386 g/mol. The summed E-state index contributed by atoms with van der Waals surface area (Å²) in [5.74, 6) is 0.694. The standard InChI is InChI=1S/C27H27NO3/c1-3-30-26(27(29)28-2)18-19-12-14-20(15-13-19)31-17-16-25-23-10-6-4-8-21(23)22-9-5-7-11-24(22)25/h4-16,26H,3,17-18H2,1-2H3,(H,28,29). The van der Waals surface area contributed by atoms with Gasteiger partial charge in [-0.3, -0.25) is 4.79 Å². The number of likely N-dealkylation sites (N-methyl/N-ethyl adjacent to an activating group) is 1. The molecule has 4 rings (SSSR count).